The minimum Gasteiger partial charge on any atom is -0.493 e. The number of thiazole rings is 1. The number of benzene rings is 1. The summed E-state index contributed by atoms with van der Waals surface area (Å²) in [6.07, 6.45) is 3.30. The molecule has 0 aliphatic carbocycles. The first kappa shape index (κ1) is 18.7. The van der Waals surface area contributed by atoms with E-state index in [9.17, 15) is 4.79 Å². The maximum atomic E-state index is 12.7. The summed E-state index contributed by atoms with van der Waals surface area (Å²) in [6, 6.07) is 8.53. The molecule has 8 heteroatoms. The Morgan fingerprint density at radius 1 is 1.24 bits per heavy atom. The second-order valence-corrected chi connectivity index (χ2v) is 8.88. The molecule has 7 nitrogen and oxygen atoms in total. The molecule has 2 aromatic rings. The number of rotatable bonds is 5. The van der Waals surface area contributed by atoms with Gasteiger partial charge in [-0.05, 0) is 25.0 Å². The number of fused-ring (bicyclic) bond motifs is 3. The summed E-state index contributed by atoms with van der Waals surface area (Å²) in [5.41, 5.74) is 1.16. The number of nitrogens with zero attached hydrogens (tertiary/aromatic N) is 3. The predicted octanol–water partition coefficient (Wildman–Crippen LogP) is 2.06. The van der Waals surface area contributed by atoms with Gasteiger partial charge in [0.15, 0.2) is 23.2 Å². The molecule has 0 spiro atoms. The molecule has 1 aromatic heterocycles. The van der Waals surface area contributed by atoms with Gasteiger partial charge >= 0.3 is 0 Å². The van der Waals surface area contributed by atoms with Gasteiger partial charge in [0.2, 0.25) is 0 Å². The van der Waals surface area contributed by atoms with Gasteiger partial charge in [0.1, 0.15) is 0 Å². The van der Waals surface area contributed by atoms with Crippen molar-refractivity contribution in [3.8, 4) is 11.5 Å². The number of anilines is 1. The highest BCUT2D eigenvalue weighted by molar-refractivity contribution is 7.15. The van der Waals surface area contributed by atoms with Crippen molar-refractivity contribution in [2.24, 2.45) is 0 Å². The van der Waals surface area contributed by atoms with E-state index in [-0.39, 0.29) is 12.5 Å². The number of carbonyl (C=O) groups is 1. The molecule has 154 valence electrons. The second-order valence-electron chi connectivity index (χ2n) is 7.82. The number of carbonyl (C=O) groups excluding carboxylic acids is 1. The summed E-state index contributed by atoms with van der Waals surface area (Å²) in [7, 11) is 1.60. The molecule has 2 bridgehead atoms. The molecule has 2 atom stereocenters. The number of hydrogen-bond donors (Lipinski definition) is 1. The van der Waals surface area contributed by atoms with Crippen molar-refractivity contribution in [3.63, 3.8) is 0 Å². The normalized spacial score (nSPS) is 23.1. The molecule has 0 radical (unpaired) electrons. The number of amides is 1. The number of para-hydroxylation sites is 2. The highest BCUT2D eigenvalue weighted by Gasteiger charge is 2.39. The van der Waals surface area contributed by atoms with Gasteiger partial charge < -0.3 is 24.6 Å². The summed E-state index contributed by atoms with van der Waals surface area (Å²) in [5, 5.41) is 4.67. The number of aromatic nitrogens is 1. The maximum absolute atomic E-state index is 12.7. The topological polar surface area (TPSA) is 66.9 Å². The molecule has 0 saturated carbocycles. The molecule has 3 aliphatic rings. The molecule has 1 amide bonds. The third-order valence-electron chi connectivity index (χ3n) is 6.09. The van der Waals surface area contributed by atoms with Crippen LogP contribution in [0.2, 0.25) is 0 Å². The Kier molecular flexibility index (Phi) is 5.05. The van der Waals surface area contributed by atoms with Crippen LogP contribution in [0.3, 0.4) is 0 Å². The van der Waals surface area contributed by atoms with Gasteiger partial charge in [-0.1, -0.05) is 23.5 Å². The van der Waals surface area contributed by atoms with Gasteiger partial charge in [-0.15, -0.1) is 0 Å². The van der Waals surface area contributed by atoms with Crippen LogP contribution < -0.4 is 19.7 Å². The summed E-state index contributed by atoms with van der Waals surface area (Å²) < 4.78 is 11.0. The van der Waals surface area contributed by atoms with E-state index >= 15 is 0 Å². The third-order valence-corrected chi connectivity index (χ3v) is 7.19. The van der Waals surface area contributed by atoms with E-state index < -0.39 is 0 Å². The van der Waals surface area contributed by atoms with E-state index in [0.29, 0.717) is 36.7 Å². The van der Waals surface area contributed by atoms with E-state index in [1.54, 1.807) is 18.4 Å². The van der Waals surface area contributed by atoms with Crippen molar-refractivity contribution in [1.82, 2.24) is 15.2 Å². The number of nitrogens with one attached hydrogen (secondary N) is 1. The van der Waals surface area contributed by atoms with Gasteiger partial charge in [0.05, 0.1) is 19.3 Å². The van der Waals surface area contributed by atoms with Crippen molar-refractivity contribution in [2.45, 2.75) is 37.9 Å². The monoisotopic (exact) mass is 414 g/mol. The Morgan fingerprint density at radius 3 is 2.76 bits per heavy atom. The van der Waals surface area contributed by atoms with Crippen LogP contribution in [0.4, 0.5) is 5.13 Å². The molecule has 2 unspecified atom stereocenters. The van der Waals surface area contributed by atoms with Crippen LogP contribution in [0.25, 0.3) is 0 Å². The zero-order valence-electron chi connectivity index (χ0n) is 16.6. The fraction of sp³-hybridized carbons (Fsp3) is 0.524. The molecule has 4 heterocycles. The van der Waals surface area contributed by atoms with Crippen molar-refractivity contribution in [3.05, 3.63) is 34.8 Å². The van der Waals surface area contributed by atoms with Gasteiger partial charge in [0.25, 0.3) is 5.91 Å². The average molecular weight is 415 g/mol. The van der Waals surface area contributed by atoms with Gasteiger partial charge in [-0.3, -0.25) is 4.79 Å². The molecule has 3 aliphatic heterocycles. The van der Waals surface area contributed by atoms with Crippen LogP contribution in [0.15, 0.2) is 24.3 Å². The summed E-state index contributed by atoms with van der Waals surface area (Å²) in [5.74, 6) is 1.23. The van der Waals surface area contributed by atoms with E-state index in [2.05, 4.69) is 10.2 Å². The third kappa shape index (κ3) is 3.55. The lowest BCUT2D eigenvalue weighted by Crippen LogP contribution is -2.51. The first-order valence-corrected chi connectivity index (χ1v) is 11.1. The Balaban J connectivity index is 1.24. The second kappa shape index (κ2) is 7.84. The lowest BCUT2D eigenvalue weighted by atomic mass is 10.2. The van der Waals surface area contributed by atoms with E-state index in [4.69, 9.17) is 14.5 Å². The quantitative estimate of drug-likeness (QED) is 0.808. The Bertz CT molecular complexity index is 886. The lowest BCUT2D eigenvalue weighted by molar-refractivity contribution is -0.134. The lowest BCUT2D eigenvalue weighted by Gasteiger charge is -2.35. The average Bonchev–Trinajstić information content (AvgIpc) is 3.28. The number of methoxy groups -OCH3 is 1. The summed E-state index contributed by atoms with van der Waals surface area (Å²) in [4.78, 5) is 23.3. The van der Waals surface area contributed by atoms with Crippen LogP contribution in [0.5, 0.6) is 11.5 Å². The Labute approximate surface area is 174 Å². The van der Waals surface area contributed by atoms with E-state index in [1.807, 2.05) is 29.2 Å². The molecule has 1 N–H and O–H groups in total. The van der Waals surface area contributed by atoms with Crippen LogP contribution in [0.1, 0.15) is 23.4 Å². The molecular weight excluding hydrogens is 388 g/mol. The number of ether oxygens (including phenoxy) is 2. The smallest absolute Gasteiger partial charge is 0.260 e. The van der Waals surface area contributed by atoms with Crippen LogP contribution >= 0.6 is 11.3 Å². The van der Waals surface area contributed by atoms with E-state index in [1.165, 1.54) is 17.7 Å². The fourth-order valence-electron chi connectivity index (χ4n) is 4.56. The Hall–Kier alpha value is -2.32. The summed E-state index contributed by atoms with van der Waals surface area (Å²) >= 11 is 1.76. The minimum atomic E-state index is -0.00116. The first-order chi connectivity index (χ1) is 14.2. The van der Waals surface area contributed by atoms with E-state index in [0.717, 1.165) is 30.3 Å². The molecule has 2 fully saturated rings. The molecule has 2 saturated heterocycles. The highest BCUT2D eigenvalue weighted by Crippen LogP contribution is 2.38. The largest absolute Gasteiger partial charge is 0.493 e. The maximum Gasteiger partial charge on any atom is 0.260 e. The van der Waals surface area contributed by atoms with Crippen molar-refractivity contribution in [2.75, 3.05) is 38.3 Å². The highest BCUT2D eigenvalue weighted by atomic mass is 32.1. The van der Waals surface area contributed by atoms with Crippen molar-refractivity contribution in [1.29, 1.82) is 0 Å². The van der Waals surface area contributed by atoms with Crippen molar-refractivity contribution >= 4 is 22.4 Å². The molecule has 29 heavy (non-hydrogen) atoms. The van der Waals surface area contributed by atoms with Crippen LogP contribution in [-0.4, -0.2) is 61.2 Å². The minimum absolute atomic E-state index is 0.00116. The van der Waals surface area contributed by atoms with Gasteiger partial charge in [-0.2, -0.15) is 0 Å². The first-order valence-electron chi connectivity index (χ1n) is 10.2. The SMILES string of the molecule is COc1ccccc1OCC(=O)N1CCc2nc(N3C4CCC3CNC4)sc2C1. The van der Waals surface area contributed by atoms with Gasteiger partial charge in [0, 0.05) is 43.0 Å². The summed E-state index contributed by atoms with van der Waals surface area (Å²) in [6.45, 7) is 3.43. The van der Waals surface area contributed by atoms with Crippen LogP contribution in [0, 0.1) is 0 Å². The molecule has 1 aromatic carbocycles. The number of piperazine rings is 1. The Morgan fingerprint density at radius 2 is 2.00 bits per heavy atom. The van der Waals surface area contributed by atoms with Crippen molar-refractivity contribution < 1.29 is 14.3 Å². The zero-order chi connectivity index (χ0) is 19.8. The van der Waals surface area contributed by atoms with Crippen LogP contribution in [-0.2, 0) is 17.8 Å². The zero-order valence-corrected chi connectivity index (χ0v) is 17.4. The fourth-order valence-corrected chi connectivity index (χ4v) is 5.83. The number of hydrogen-bond acceptors (Lipinski definition) is 7. The molecular formula is C21H26N4O3S. The standard InChI is InChI=1S/C21H26N4O3S/c1-27-17-4-2-3-5-18(17)28-13-20(26)24-9-8-16-19(12-24)29-21(23-16)25-14-6-7-15(25)11-22-10-14/h2-5,14-15,22H,6-13H2,1H3. The predicted molar refractivity (Wildman–Crippen MR) is 112 cm³/mol. The van der Waals surface area contributed by atoms with Gasteiger partial charge in [-0.25, -0.2) is 4.98 Å². The molecule has 5 rings (SSSR count).